The molecule has 0 radical (unpaired) electrons. The fourth-order valence-electron chi connectivity index (χ4n) is 3.80. The van der Waals surface area contributed by atoms with Gasteiger partial charge in [0.2, 0.25) is 0 Å². The maximum atomic E-state index is 2.49. The summed E-state index contributed by atoms with van der Waals surface area (Å²) in [5.41, 5.74) is 7.84. The Bertz CT molecular complexity index is 658. The van der Waals surface area contributed by atoms with Crippen LogP contribution in [0.25, 0.3) is 6.08 Å². The largest absolute Gasteiger partial charge is 0.0851 e. The first-order valence-corrected chi connectivity index (χ1v) is 10.7. The van der Waals surface area contributed by atoms with Gasteiger partial charge in [-0.1, -0.05) is 63.3 Å². The van der Waals surface area contributed by atoms with E-state index in [1.165, 1.54) is 30.4 Å². The van der Waals surface area contributed by atoms with Gasteiger partial charge in [0.05, 0.1) is 0 Å². The summed E-state index contributed by atoms with van der Waals surface area (Å²) >= 11 is 0. The van der Waals surface area contributed by atoms with Crippen molar-refractivity contribution in [1.29, 1.82) is 0 Å². The second-order valence-electron chi connectivity index (χ2n) is 6.71. The number of allylic oxidation sites excluding steroid dienone is 5. The third kappa shape index (κ3) is 2.74. The molecular weight excluding hydrogens is 283 g/mol. The van der Waals surface area contributed by atoms with Gasteiger partial charge < -0.3 is 0 Å². The number of unbranched alkanes of at least 4 members (excludes halogenated alkanes) is 1. The molecule has 0 saturated heterocycles. The molecule has 1 unspecified atom stereocenters. The fraction of sp³-hybridized carbons (Fsp3) is 0.429. The van der Waals surface area contributed by atoms with Crippen LogP contribution < -0.4 is 0 Å². The van der Waals surface area contributed by atoms with Gasteiger partial charge in [-0.15, -0.1) is 0 Å². The van der Waals surface area contributed by atoms with Crippen LogP contribution in [0.5, 0.6) is 0 Å². The number of hydrogen-bond donors (Lipinski definition) is 0. The standard InChI is InChI=1S/C21H27P/c1-5-6-9-16-12-13-18(15(16)2)21-19-11-8-7-10-17(19)14-20(21)22(3)4/h7-8,10-12,14,21H,5-6,9,13H2,1-4H3. The lowest BCUT2D eigenvalue weighted by Gasteiger charge is -2.23. The maximum absolute atomic E-state index is 2.49. The van der Waals surface area contributed by atoms with Crippen LogP contribution in [0.4, 0.5) is 0 Å². The average molecular weight is 310 g/mol. The molecule has 1 atom stereocenters. The van der Waals surface area contributed by atoms with E-state index < -0.39 is 0 Å². The first kappa shape index (κ1) is 15.8. The van der Waals surface area contributed by atoms with E-state index in [1.807, 2.05) is 0 Å². The van der Waals surface area contributed by atoms with Gasteiger partial charge in [-0.2, -0.15) is 0 Å². The van der Waals surface area contributed by atoms with Gasteiger partial charge in [0.1, 0.15) is 0 Å². The van der Waals surface area contributed by atoms with Crippen LogP contribution >= 0.6 is 7.92 Å². The Labute approximate surface area is 136 Å². The van der Waals surface area contributed by atoms with Gasteiger partial charge in [0.25, 0.3) is 0 Å². The molecule has 0 aromatic heterocycles. The molecule has 0 N–H and O–H groups in total. The molecule has 3 rings (SSSR count). The Morgan fingerprint density at radius 1 is 1.18 bits per heavy atom. The summed E-state index contributed by atoms with van der Waals surface area (Å²) in [7, 11) is -0.0439. The third-order valence-corrected chi connectivity index (χ3v) is 6.52. The molecule has 0 aliphatic heterocycles. The quantitative estimate of drug-likeness (QED) is 0.531. The zero-order valence-electron chi connectivity index (χ0n) is 14.3. The number of benzene rings is 1. The van der Waals surface area contributed by atoms with E-state index in [4.69, 9.17) is 0 Å². The summed E-state index contributed by atoms with van der Waals surface area (Å²) in [6.45, 7) is 9.44. The SMILES string of the molecule is CCCCC1=CCC(C2C(P(C)C)=Cc3ccccc32)=C1C. The van der Waals surface area contributed by atoms with Crippen LogP contribution in [0.1, 0.15) is 56.6 Å². The molecule has 2 aliphatic carbocycles. The molecule has 2 aliphatic rings. The smallest absolute Gasteiger partial charge is 0.0318 e. The molecule has 1 heteroatoms. The minimum atomic E-state index is -0.0439. The summed E-state index contributed by atoms with van der Waals surface area (Å²) in [5, 5.41) is 1.66. The van der Waals surface area contributed by atoms with Crippen molar-refractivity contribution in [2.75, 3.05) is 13.3 Å². The van der Waals surface area contributed by atoms with Crippen molar-refractivity contribution in [1.82, 2.24) is 0 Å². The van der Waals surface area contributed by atoms with E-state index in [2.05, 4.69) is 63.6 Å². The molecule has 0 saturated carbocycles. The van der Waals surface area contributed by atoms with E-state index >= 15 is 0 Å². The van der Waals surface area contributed by atoms with Gasteiger partial charge in [-0.05, 0) is 67.1 Å². The molecule has 0 amide bonds. The van der Waals surface area contributed by atoms with Crippen LogP contribution in [-0.2, 0) is 0 Å². The highest BCUT2D eigenvalue weighted by molar-refractivity contribution is 7.60. The van der Waals surface area contributed by atoms with Crippen LogP contribution in [0.15, 0.2) is 52.4 Å². The molecule has 1 aromatic rings. The molecular formula is C21H27P. The van der Waals surface area contributed by atoms with Crippen molar-refractivity contribution in [2.45, 2.75) is 45.4 Å². The van der Waals surface area contributed by atoms with Crippen LogP contribution in [0.3, 0.4) is 0 Å². The van der Waals surface area contributed by atoms with Crippen LogP contribution in [0, 0.1) is 0 Å². The maximum Gasteiger partial charge on any atom is 0.0318 e. The second kappa shape index (κ2) is 6.55. The van der Waals surface area contributed by atoms with Gasteiger partial charge in [-0.3, -0.25) is 0 Å². The normalized spacial score (nSPS) is 20.5. The lowest BCUT2D eigenvalue weighted by molar-refractivity contribution is 0.791. The van der Waals surface area contributed by atoms with Gasteiger partial charge in [-0.25, -0.2) is 0 Å². The summed E-state index contributed by atoms with van der Waals surface area (Å²) in [5.74, 6) is 0.549. The second-order valence-corrected chi connectivity index (χ2v) is 9.02. The highest BCUT2D eigenvalue weighted by Crippen LogP contribution is 2.56. The Balaban J connectivity index is 1.97. The Morgan fingerprint density at radius 3 is 2.68 bits per heavy atom. The van der Waals surface area contributed by atoms with E-state index in [0.717, 1.165) is 6.42 Å². The Kier molecular flexibility index (Phi) is 4.69. The van der Waals surface area contributed by atoms with Gasteiger partial charge in [0.15, 0.2) is 0 Å². The summed E-state index contributed by atoms with van der Waals surface area (Å²) in [6.07, 6.45) is 9.97. The highest BCUT2D eigenvalue weighted by Gasteiger charge is 2.32. The minimum Gasteiger partial charge on any atom is -0.0851 e. The molecule has 116 valence electrons. The first-order chi connectivity index (χ1) is 10.6. The van der Waals surface area contributed by atoms with Gasteiger partial charge >= 0.3 is 0 Å². The molecule has 0 fully saturated rings. The number of rotatable bonds is 5. The molecule has 0 bridgehead atoms. The van der Waals surface area contributed by atoms with Crippen LogP contribution in [0.2, 0.25) is 0 Å². The summed E-state index contributed by atoms with van der Waals surface area (Å²) in [6, 6.07) is 8.99. The van der Waals surface area contributed by atoms with E-state index in [0.29, 0.717) is 5.92 Å². The predicted molar refractivity (Wildman–Crippen MR) is 101 cm³/mol. The predicted octanol–water partition coefficient (Wildman–Crippen LogP) is 6.70. The average Bonchev–Trinajstić information content (AvgIpc) is 3.06. The molecule has 0 nitrogen and oxygen atoms in total. The summed E-state index contributed by atoms with van der Waals surface area (Å²) < 4.78 is 0. The van der Waals surface area contributed by atoms with E-state index in [-0.39, 0.29) is 7.92 Å². The zero-order chi connectivity index (χ0) is 15.7. The third-order valence-electron chi connectivity index (χ3n) is 5.10. The molecule has 1 aromatic carbocycles. The van der Waals surface area contributed by atoms with E-state index in [9.17, 15) is 0 Å². The van der Waals surface area contributed by atoms with Gasteiger partial charge in [0, 0.05) is 5.92 Å². The Hall–Kier alpha value is -1.13. The van der Waals surface area contributed by atoms with Crippen LogP contribution in [-0.4, -0.2) is 13.3 Å². The molecule has 0 spiro atoms. The zero-order valence-corrected chi connectivity index (χ0v) is 15.2. The van der Waals surface area contributed by atoms with Crippen molar-refractivity contribution in [3.05, 3.63) is 63.5 Å². The topological polar surface area (TPSA) is 0 Å². The van der Waals surface area contributed by atoms with Crippen molar-refractivity contribution in [3.63, 3.8) is 0 Å². The minimum absolute atomic E-state index is 0.0439. The van der Waals surface area contributed by atoms with Crippen molar-refractivity contribution in [2.24, 2.45) is 0 Å². The first-order valence-electron chi connectivity index (χ1n) is 8.50. The highest BCUT2D eigenvalue weighted by atomic mass is 31.1. The number of hydrogen-bond acceptors (Lipinski definition) is 0. The van der Waals surface area contributed by atoms with Crippen molar-refractivity contribution < 1.29 is 0 Å². The lowest BCUT2D eigenvalue weighted by Crippen LogP contribution is -2.03. The summed E-state index contributed by atoms with van der Waals surface area (Å²) in [4.78, 5) is 0. The van der Waals surface area contributed by atoms with E-state index in [1.54, 1.807) is 22.0 Å². The van der Waals surface area contributed by atoms with Crippen molar-refractivity contribution >= 4 is 14.0 Å². The molecule has 22 heavy (non-hydrogen) atoms. The lowest BCUT2D eigenvalue weighted by atomic mass is 9.89. The fourth-order valence-corrected chi connectivity index (χ4v) is 5.01. The van der Waals surface area contributed by atoms with Crippen molar-refractivity contribution in [3.8, 4) is 0 Å². The molecule has 0 heterocycles. The monoisotopic (exact) mass is 310 g/mol. The number of fused-ring (bicyclic) bond motifs is 1. The Morgan fingerprint density at radius 2 is 1.95 bits per heavy atom.